The first kappa shape index (κ1) is 13.5. The first-order chi connectivity index (χ1) is 7.47. The van der Waals surface area contributed by atoms with Crippen molar-refractivity contribution >= 4 is 5.91 Å². The molecule has 0 aromatic rings. The van der Waals surface area contributed by atoms with E-state index in [4.69, 9.17) is 5.73 Å². The molecular weight excluding hydrogens is 202 g/mol. The second-order valence-electron chi connectivity index (χ2n) is 4.91. The van der Waals surface area contributed by atoms with Crippen molar-refractivity contribution in [1.82, 2.24) is 9.80 Å². The molecular formula is C12H25N3O. The number of carbonyl (C=O) groups is 1. The number of rotatable bonds is 3. The van der Waals surface area contributed by atoms with Crippen LogP contribution in [0.4, 0.5) is 0 Å². The number of hydrogen-bond acceptors (Lipinski definition) is 3. The van der Waals surface area contributed by atoms with Crippen LogP contribution in [0.15, 0.2) is 0 Å². The number of hydrogen-bond donors (Lipinski definition) is 1. The monoisotopic (exact) mass is 227 g/mol. The fourth-order valence-electron chi connectivity index (χ4n) is 2.18. The second kappa shape index (κ2) is 5.64. The summed E-state index contributed by atoms with van der Waals surface area (Å²) in [5.41, 5.74) is 5.77. The molecule has 0 aromatic heterocycles. The minimum absolute atomic E-state index is 0.0630. The Hall–Kier alpha value is -0.610. The van der Waals surface area contributed by atoms with Crippen LogP contribution in [0.2, 0.25) is 0 Å². The standard InChI is InChI=1S/C12H25N3O/c1-5-14-6-7-15(8-9(14)2)12(16)10(3)11(4)13/h9-11H,5-8,13H2,1-4H3. The van der Waals surface area contributed by atoms with Crippen molar-refractivity contribution in [2.75, 3.05) is 26.2 Å². The molecule has 1 aliphatic rings. The molecule has 0 spiro atoms. The average Bonchev–Trinajstić information content (AvgIpc) is 2.26. The molecule has 1 rings (SSSR count). The largest absolute Gasteiger partial charge is 0.340 e. The quantitative estimate of drug-likeness (QED) is 0.765. The first-order valence-corrected chi connectivity index (χ1v) is 6.25. The molecule has 94 valence electrons. The highest BCUT2D eigenvalue weighted by molar-refractivity contribution is 5.79. The van der Waals surface area contributed by atoms with E-state index in [1.165, 1.54) is 0 Å². The third-order valence-corrected chi connectivity index (χ3v) is 3.66. The van der Waals surface area contributed by atoms with Crippen LogP contribution >= 0.6 is 0 Å². The van der Waals surface area contributed by atoms with Gasteiger partial charge in [-0.15, -0.1) is 0 Å². The maximum absolute atomic E-state index is 12.1. The molecule has 0 radical (unpaired) electrons. The van der Waals surface area contributed by atoms with Crippen molar-refractivity contribution in [2.45, 2.75) is 39.8 Å². The lowest BCUT2D eigenvalue weighted by atomic mass is 10.0. The Balaban J connectivity index is 2.54. The third kappa shape index (κ3) is 2.95. The molecule has 0 saturated carbocycles. The molecule has 2 N–H and O–H groups in total. The van der Waals surface area contributed by atoms with E-state index < -0.39 is 0 Å². The maximum atomic E-state index is 12.1. The van der Waals surface area contributed by atoms with Gasteiger partial charge in [-0.25, -0.2) is 0 Å². The first-order valence-electron chi connectivity index (χ1n) is 6.25. The molecule has 0 bridgehead atoms. The van der Waals surface area contributed by atoms with Crippen LogP contribution in [-0.2, 0) is 4.79 Å². The highest BCUT2D eigenvalue weighted by Gasteiger charge is 2.29. The van der Waals surface area contributed by atoms with E-state index in [0.29, 0.717) is 6.04 Å². The Labute approximate surface area is 98.8 Å². The molecule has 1 aliphatic heterocycles. The van der Waals surface area contributed by atoms with Crippen molar-refractivity contribution in [1.29, 1.82) is 0 Å². The van der Waals surface area contributed by atoms with Crippen molar-refractivity contribution in [3.05, 3.63) is 0 Å². The van der Waals surface area contributed by atoms with Crippen LogP contribution < -0.4 is 5.73 Å². The van der Waals surface area contributed by atoms with Gasteiger partial charge in [0.05, 0.1) is 5.92 Å². The molecule has 3 atom stereocenters. The summed E-state index contributed by atoms with van der Waals surface area (Å²) in [6.07, 6.45) is 0. The van der Waals surface area contributed by atoms with Gasteiger partial charge in [-0.1, -0.05) is 13.8 Å². The number of carbonyl (C=O) groups excluding carboxylic acids is 1. The number of amides is 1. The van der Waals surface area contributed by atoms with Gasteiger partial charge in [-0.3, -0.25) is 9.69 Å². The molecule has 16 heavy (non-hydrogen) atoms. The molecule has 1 fully saturated rings. The van der Waals surface area contributed by atoms with E-state index in [9.17, 15) is 4.79 Å². The minimum atomic E-state index is -0.0691. The summed E-state index contributed by atoms with van der Waals surface area (Å²) in [7, 11) is 0. The van der Waals surface area contributed by atoms with Crippen molar-refractivity contribution in [3.63, 3.8) is 0 Å². The Morgan fingerprint density at radius 1 is 1.44 bits per heavy atom. The van der Waals surface area contributed by atoms with Gasteiger partial charge in [0, 0.05) is 31.7 Å². The van der Waals surface area contributed by atoms with E-state index >= 15 is 0 Å². The Morgan fingerprint density at radius 2 is 2.06 bits per heavy atom. The van der Waals surface area contributed by atoms with Crippen molar-refractivity contribution < 1.29 is 4.79 Å². The molecule has 0 aliphatic carbocycles. The lowest BCUT2D eigenvalue weighted by Gasteiger charge is -2.40. The summed E-state index contributed by atoms with van der Waals surface area (Å²) in [6, 6.07) is 0.398. The number of nitrogens with zero attached hydrogens (tertiary/aromatic N) is 2. The van der Waals surface area contributed by atoms with Gasteiger partial charge in [0.25, 0.3) is 0 Å². The molecule has 1 saturated heterocycles. The van der Waals surface area contributed by atoms with Crippen LogP contribution in [-0.4, -0.2) is 54.0 Å². The third-order valence-electron chi connectivity index (χ3n) is 3.66. The Morgan fingerprint density at radius 3 is 2.50 bits per heavy atom. The van der Waals surface area contributed by atoms with Crippen LogP contribution in [0.1, 0.15) is 27.7 Å². The summed E-state index contributed by atoms with van der Waals surface area (Å²) < 4.78 is 0. The van der Waals surface area contributed by atoms with Gasteiger partial charge in [0.15, 0.2) is 0 Å². The molecule has 4 nitrogen and oxygen atoms in total. The molecule has 1 heterocycles. The zero-order valence-corrected chi connectivity index (χ0v) is 10.9. The van der Waals surface area contributed by atoms with Crippen molar-refractivity contribution in [3.8, 4) is 0 Å². The van der Waals surface area contributed by atoms with E-state index in [1.54, 1.807) is 0 Å². The Bertz CT molecular complexity index is 242. The molecule has 3 unspecified atom stereocenters. The maximum Gasteiger partial charge on any atom is 0.227 e. The highest BCUT2D eigenvalue weighted by Crippen LogP contribution is 2.13. The van der Waals surface area contributed by atoms with E-state index in [-0.39, 0.29) is 17.9 Å². The molecule has 4 heteroatoms. The van der Waals surface area contributed by atoms with Crippen LogP contribution in [0.5, 0.6) is 0 Å². The smallest absolute Gasteiger partial charge is 0.227 e. The summed E-state index contributed by atoms with van der Waals surface area (Å²) >= 11 is 0. The number of nitrogens with two attached hydrogens (primary N) is 1. The summed E-state index contributed by atoms with van der Waals surface area (Å²) in [5, 5.41) is 0. The fourth-order valence-corrected chi connectivity index (χ4v) is 2.18. The number of piperazine rings is 1. The predicted molar refractivity (Wildman–Crippen MR) is 66.1 cm³/mol. The number of likely N-dealkylation sites (N-methyl/N-ethyl adjacent to an activating group) is 1. The van der Waals surface area contributed by atoms with Gasteiger partial charge < -0.3 is 10.6 Å². The topological polar surface area (TPSA) is 49.6 Å². The SMILES string of the molecule is CCN1CCN(C(=O)C(C)C(C)N)CC1C. The van der Waals surface area contributed by atoms with Gasteiger partial charge in [-0.2, -0.15) is 0 Å². The zero-order chi connectivity index (χ0) is 12.3. The normalized spacial score (nSPS) is 26.6. The van der Waals surface area contributed by atoms with Gasteiger partial charge in [0.1, 0.15) is 0 Å². The van der Waals surface area contributed by atoms with Crippen LogP contribution in [0.3, 0.4) is 0 Å². The summed E-state index contributed by atoms with van der Waals surface area (Å²) in [4.78, 5) is 16.5. The lowest BCUT2D eigenvalue weighted by molar-refractivity contribution is -0.138. The minimum Gasteiger partial charge on any atom is -0.340 e. The van der Waals surface area contributed by atoms with Gasteiger partial charge >= 0.3 is 0 Å². The highest BCUT2D eigenvalue weighted by atomic mass is 16.2. The summed E-state index contributed by atoms with van der Waals surface area (Å²) in [6.45, 7) is 11.9. The van der Waals surface area contributed by atoms with Crippen LogP contribution in [0.25, 0.3) is 0 Å². The summed E-state index contributed by atoms with van der Waals surface area (Å²) in [5.74, 6) is 0.137. The van der Waals surface area contributed by atoms with Gasteiger partial charge in [0.2, 0.25) is 5.91 Å². The van der Waals surface area contributed by atoms with E-state index in [0.717, 1.165) is 26.2 Å². The Kier molecular flexibility index (Phi) is 4.74. The predicted octanol–water partition coefficient (Wildman–Crippen LogP) is 0.522. The van der Waals surface area contributed by atoms with E-state index in [1.807, 2.05) is 18.7 Å². The zero-order valence-electron chi connectivity index (χ0n) is 10.9. The van der Waals surface area contributed by atoms with Gasteiger partial charge in [-0.05, 0) is 20.4 Å². The average molecular weight is 227 g/mol. The van der Waals surface area contributed by atoms with E-state index in [2.05, 4.69) is 18.7 Å². The lowest BCUT2D eigenvalue weighted by Crippen LogP contribution is -2.55. The molecule has 1 amide bonds. The molecule has 0 aromatic carbocycles. The van der Waals surface area contributed by atoms with Crippen LogP contribution in [0, 0.1) is 5.92 Å². The second-order valence-corrected chi connectivity index (χ2v) is 4.91. The van der Waals surface area contributed by atoms with Crippen molar-refractivity contribution in [2.24, 2.45) is 11.7 Å². The fraction of sp³-hybridized carbons (Fsp3) is 0.917.